The van der Waals surface area contributed by atoms with Crippen LogP contribution in [0.15, 0.2) is 18.2 Å². The maximum atomic E-state index is 11.9. The lowest BCUT2D eigenvalue weighted by Crippen LogP contribution is -2.14. The molecule has 0 aliphatic heterocycles. The molecule has 0 aromatic carbocycles. The van der Waals surface area contributed by atoms with Gasteiger partial charge >= 0.3 is 0 Å². The fourth-order valence-electron chi connectivity index (χ4n) is 1.36. The Balaban J connectivity index is 2.19. The Morgan fingerprint density at radius 3 is 2.89 bits per heavy atom. The first-order chi connectivity index (χ1) is 8.60. The lowest BCUT2D eigenvalue weighted by Gasteiger charge is -2.03. The van der Waals surface area contributed by atoms with Crippen molar-refractivity contribution < 1.29 is 4.79 Å². The van der Waals surface area contributed by atoms with Crippen molar-refractivity contribution in [3.05, 3.63) is 39.8 Å². The average Bonchev–Trinajstić information content (AvgIpc) is 2.80. The van der Waals surface area contributed by atoms with E-state index in [-0.39, 0.29) is 15.9 Å². The van der Waals surface area contributed by atoms with Gasteiger partial charge in [0, 0.05) is 11.8 Å². The molecule has 2 N–H and O–H groups in total. The number of carbonyl (C=O) groups excluding carboxylic acids is 1. The highest BCUT2D eigenvalue weighted by Gasteiger charge is 2.14. The first-order valence-electron chi connectivity index (χ1n) is 5.28. The van der Waals surface area contributed by atoms with Crippen molar-refractivity contribution >= 4 is 34.9 Å². The summed E-state index contributed by atoms with van der Waals surface area (Å²) in [6.45, 7) is 1.98. The van der Waals surface area contributed by atoms with Crippen molar-refractivity contribution in [2.75, 3.05) is 5.32 Å². The van der Waals surface area contributed by atoms with Crippen molar-refractivity contribution in [2.24, 2.45) is 0 Å². The quantitative estimate of drug-likeness (QED) is 0.852. The molecular weight excluding hydrogens is 275 g/mol. The van der Waals surface area contributed by atoms with E-state index in [1.54, 1.807) is 6.07 Å². The number of nitrogens with one attached hydrogen (secondary N) is 2. The number of hydrogen-bond acceptors (Lipinski definition) is 3. The summed E-state index contributed by atoms with van der Waals surface area (Å²) in [4.78, 5) is 15.8. The third-order valence-electron chi connectivity index (χ3n) is 2.28. The summed E-state index contributed by atoms with van der Waals surface area (Å²) in [5.41, 5.74) is 1.00. The summed E-state index contributed by atoms with van der Waals surface area (Å²) >= 11 is 11.6. The maximum absolute atomic E-state index is 11.9. The highest BCUT2D eigenvalue weighted by molar-refractivity contribution is 6.35. The van der Waals surface area contributed by atoms with Crippen LogP contribution < -0.4 is 5.32 Å². The molecule has 7 heteroatoms. The minimum atomic E-state index is -0.448. The van der Waals surface area contributed by atoms with Gasteiger partial charge in [-0.1, -0.05) is 30.1 Å². The van der Waals surface area contributed by atoms with Crippen LogP contribution in [0.4, 0.5) is 5.82 Å². The summed E-state index contributed by atoms with van der Waals surface area (Å²) in [6, 6.07) is 4.79. The van der Waals surface area contributed by atoms with Crippen LogP contribution in [0.25, 0.3) is 0 Å². The van der Waals surface area contributed by atoms with Crippen LogP contribution in [0.3, 0.4) is 0 Å². The lowest BCUT2D eigenvalue weighted by atomic mass is 10.3. The summed E-state index contributed by atoms with van der Waals surface area (Å²) in [7, 11) is 0. The molecule has 2 rings (SSSR count). The Hall–Kier alpha value is -1.59. The Morgan fingerprint density at radius 2 is 2.22 bits per heavy atom. The van der Waals surface area contributed by atoms with Gasteiger partial charge in [-0.05, 0) is 18.6 Å². The van der Waals surface area contributed by atoms with Crippen LogP contribution in [0.1, 0.15) is 23.1 Å². The zero-order chi connectivity index (χ0) is 13.1. The monoisotopic (exact) mass is 284 g/mol. The molecule has 1 amide bonds. The van der Waals surface area contributed by atoms with Crippen LogP contribution in [0, 0.1) is 0 Å². The van der Waals surface area contributed by atoms with Crippen molar-refractivity contribution in [1.82, 2.24) is 15.2 Å². The fraction of sp³-hybridized carbons (Fsp3) is 0.182. The number of pyridine rings is 1. The second-order valence-corrected chi connectivity index (χ2v) is 4.34. The molecular formula is C11H10Cl2N4O. The summed E-state index contributed by atoms with van der Waals surface area (Å²) in [5, 5.41) is 9.78. The number of aromatic nitrogens is 3. The predicted octanol–water partition coefficient (Wildman–Crippen LogP) is 2.93. The minimum absolute atomic E-state index is 0.0743. The second-order valence-electron chi connectivity index (χ2n) is 3.55. The summed E-state index contributed by atoms with van der Waals surface area (Å²) in [5.74, 6) is -0.0219. The second kappa shape index (κ2) is 5.37. The third-order valence-corrected chi connectivity index (χ3v) is 2.80. The Bertz CT molecular complexity index is 582. The molecule has 0 radical (unpaired) electrons. The molecule has 5 nitrogen and oxygen atoms in total. The molecule has 0 saturated heterocycles. The average molecular weight is 285 g/mol. The number of hydrogen-bond donors (Lipinski definition) is 2. The molecule has 0 fully saturated rings. The molecule has 0 atom stereocenters. The smallest absolute Gasteiger partial charge is 0.277 e. The molecule has 0 aliphatic carbocycles. The Labute approximate surface area is 114 Å². The van der Waals surface area contributed by atoms with E-state index >= 15 is 0 Å². The van der Waals surface area contributed by atoms with Crippen LogP contribution in [0.2, 0.25) is 10.2 Å². The SMILES string of the molecule is CCc1cc(NC(=O)c2nc(Cl)ccc2Cl)n[nH]1. The van der Waals surface area contributed by atoms with Gasteiger partial charge in [-0.15, -0.1) is 0 Å². The van der Waals surface area contributed by atoms with Crippen molar-refractivity contribution in [3.63, 3.8) is 0 Å². The fourth-order valence-corrected chi connectivity index (χ4v) is 1.70. The number of halogens is 2. The Morgan fingerprint density at radius 1 is 1.44 bits per heavy atom. The normalized spacial score (nSPS) is 10.4. The molecule has 2 heterocycles. The van der Waals surface area contributed by atoms with Gasteiger partial charge in [-0.2, -0.15) is 5.10 Å². The highest BCUT2D eigenvalue weighted by Crippen LogP contribution is 2.18. The van der Waals surface area contributed by atoms with E-state index in [0.717, 1.165) is 12.1 Å². The number of carbonyl (C=O) groups is 1. The lowest BCUT2D eigenvalue weighted by molar-refractivity contribution is 0.102. The number of rotatable bonds is 3. The minimum Gasteiger partial charge on any atom is -0.304 e. The first kappa shape index (κ1) is 12.9. The van der Waals surface area contributed by atoms with E-state index in [9.17, 15) is 4.79 Å². The standard InChI is InChI=1S/C11H10Cl2N4O/c1-2-6-5-9(17-16-6)15-11(18)10-7(12)3-4-8(13)14-10/h3-5H,2H2,1H3,(H2,15,16,17,18). The molecule has 0 spiro atoms. The molecule has 94 valence electrons. The molecule has 0 aliphatic rings. The zero-order valence-corrected chi connectivity index (χ0v) is 11.0. The molecule has 0 saturated carbocycles. The topological polar surface area (TPSA) is 70.7 Å². The van der Waals surface area contributed by atoms with Crippen LogP contribution in [0.5, 0.6) is 0 Å². The summed E-state index contributed by atoms with van der Waals surface area (Å²) in [6.07, 6.45) is 0.805. The molecule has 2 aromatic heterocycles. The van der Waals surface area contributed by atoms with Gasteiger partial charge in [0.2, 0.25) is 0 Å². The maximum Gasteiger partial charge on any atom is 0.277 e. The number of aromatic amines is 1. The third kappa shape index (κ3) is 2.80. The van der Waals surface area contributed by atoms with Gasteiger partial charge in [0.25, 0.3) is 5.91 Å². The number of H-pyrrole nitrogens is 1. The Kier molecular flexibility index (Phi) is 3.84. The van der Waals surface area contributed by atoms with Gasteiger partial charge in [0.15, 0.2) is 5.82 Å². The number of amides is 1. The molecule has 2 aromatic rings. The van der Waals surface area contributed by atoms with Crippen LogP contribution >= 0.6 is 23.2 Å². The van der Waals surface area contributed by atoms with Gasteiger partial charge in [-0.3, -0.25) is 9.89 Å². The van der Waals surface area contributed by atoms with Crippen molar-refractivity contribution in [1.29, 1.82) is 0 Å². The molecule has 0 unspecified atom stereocenters. The number of nitrogens with zero attached hydrogens (tertiary/aromatic N) is 2. The van der Waals surface area contributed by atoms with E-state index in [0.29, 0.717) is 5.82 Å². The van der Waals surface area contributed by atoms with Crippen molar-refractivity contribution in [3.8, 4) is 0 Å². The predicted molar refractivity (Wildman–Crippen MR) is 70.2 cm³/mol. The van der Waals surface area contributed by atoms with E-state index in [1.165, 1.54) is 12.1 Å². The van der Waals surface area contributed by atoms with Gasteiger partial charge in [-0.25, -0.2) is 4.98 Å². The number of aryl methyl sites for hydroxylation is 1. The van der Waals surface area contributed by atoms with Gasteiger partial charge < -0.3 is 5.32 Å². The van der Waals surface area contributed by atoms with Crippen molar-refractivity contribution in [2.45, 2.75) is 13.3 Å². The highest BCUT2D eigenvalue weighted by atomic mass is 35.5. The van der Waals surface area contributed by atoms with Crippen LogP contribution in [-0.2, 0) is 6.42 Å². The van der Waals surface area contributed by atoms with Gasteiger partial charge in [0.1, 0.15) is 10.8 Å². The molecule has 18 heavy (non-hydrogen) atoms. The van der Waals surface area contributed by atoms with E-state index < -0.39 is 5.91 Å². The van der Waals surface area contributed by atoms with E-state index in [4.69, 9.17) is 23.2 Å². The van der Waals surface area contributed by atoms with Crippen LogP contribution in [-0.4, -0.2) is 21.1 Å². The molecule has 0 bridgehead atoms. The van der Waals surface area contributed by atoms with E-state index in [2.05, 4.69) is 20.5 Å². The largest absolute Gasteiger partial charge is 0.304 e. The number of anilines is 1. The zero-order valence-electron chi connectivity index (χ0n) is 9.50. The summed E-state index contributed by atoms with van der Waals surface area (Å²) < 4.78 is 0. The first-order valence-corrected chi connectivity index (χ1v) is 6.03. The van der Waals surface area contributed by atoms with Gasteiger partial charge in [0.05, 0.1) is 5.02 Å². The van der Waals surface area contributed by atoms with E-state index in [1.807, 2.05) is 6.92 Å².